The number of aromatic hydroxyl groups is 1. The van der Waals surface area contributed by atoms with Gasteiger partial charge in [0.25, 0.3) is 0 Å². The van der Waals surface area contributed by atoms with E-state index in [4.69, 9.17) is 23.7 Å². The number of epoxide rings is 1. The van der Waals surface area contributed by atoms with Crippen molar-refractivity contribution in [3.05, 3.63) is 33.7 Å². The van der Waals surface area contributed by atoms with Crippen LogP contribution < -0.4 is 10.2 Å². The number of phenols is 1. The highest BCUT2D eigenvalue weighted by atomic mass is 16.7. The Kier molecular flexibility index (Phi) is 5.26. The SMILES string of the molecule is Cc1cc(=O)c2c(O)c3c(cc2o1)OC(C)(C)[C@H](OC(=O)[C@@]1(CCCCO)O[C@@H]1C)C3. The summed E-state index contributed by atoms with van der Waals surface area (Å²) in [7, 11) is 0. The van der Waals surface area contributed by atoms with Crippen LogP contribution in [-0.4, -0.2) is 46.2 Å². The van der Waals surface area contributed by atoms with Crippen molar-refractivity contribution >= 4 is 16.9 Å². The molecule has 0 bridgehead atoms. The Morgan fingerprint density at radius 2 is 2.00 bits per heavy atom. The zero-order valence-corrected chi connectivity index (χ0v) is 18.2. The number of hydrogen-bond donors (Lipinski definition) is 2. The van der Waals surface area contributed by atoms with Crippen molar-refractivity contribution in [2.45, 2.75) is 76.8 Å². The summed E-state index contributed by atoms with van der Waals surface area (Å²) in [6, 6.07) is 2.92. The highest BCUT2D eigenvalue weighted by molar-refractivity contribution is 5.87. The van der Waals surface area contributed by atoms with Crippen LogP contribution in [0.2, 0.25) is 0 Å². The van der Waals surface area contributed by atoms with Crippen LogP contribution in [0.5, 0.6) is 11.5 Å². The number of unbranched alkanes of at least 4 members (excludes halogenated alkanes) is 1. The maximum atomic E-state index is 13.0. The number of fused-ring (bicyclic) bond motifs is 2. The number of aliphatic hydroxyl groups excluding tert-OH is 1. The number of aryl methyl sites for hydroxylation is 1. The molecule has 2 N–H and O–H groups in total. The maximum Gasteiger partial charge on any atom is 0.341 e. The first-order valence-corrected chi connectivity index (χ1v) is 10.6. The lowest BCUT2D eigenvalue weighted by Gasteiger charge is -2.39. The molecule has 168 valence electrons. The van der Waals surface area contributed by atoms with E-state index in [-0.39, 0.29) is 41.3 Å². The molecule has 0 radical (unpaired) electrons. The van der Waals surface area contributed by atoms with Gasteiger partial charge in [-0.3, -0.25) is 4.79 Å². The van der Waals surface area contributed by atoms with Crippen molar-refractivity contribution in [1.82, 2.24) is 0 Å². The van der Waals surface area contributed by atoms with Crippen molar-refractivity contribution in [1.29, 1.82) is 0 Å². The standard InChI is InChI=1S/C23H28O8/c1-12-9-15(25)19-17(28-12)11-16-14(20(19)26)10-18(22(3,4)31-16)29-21(27)23(13(2)30-23)7-5-6-8-24/h9,11,13,18,24,26H,5-8,10H2,1-4H3/t13-,18-,23+/m1/s1. The molecule has 0 saturated carbocycles. The fourth-order valence-corrected chi connectivity index (χ4v) is 4.28. The molecule has 0 amide bonds. The third-order valence-electron chi connectivity index (χ3n) is 6.26. The van der Waals surface area contributed by atoms with Gasteiger partial charge in [-0.25, -0.2) is 4.79 Å². The largest absolute Gasteiger partial charge is 0.507 e. The van der Waals surface area contributed by atoms with Gasteiger partial charge in [0.05, 0.1) is 6.10 Å². The third kappa shape index (κ3) is 3.68. The molecule has 1 saturated heterocycles. The van der Waals surface area contributed by atoms with Crippen molar-refractivity contribution in [2.75, 3.05) is 6.61 Å². The van der Waals surface area contributed by atoms with Gasteiger partial charge in [0.1, 0.15) is 39.9 Å². The molecular weight excluding hydrogens is 404 g/mol. The predicted octanol–water partition coefficient (Wildman–Crippen LogP) is 2.75. The highest BCUT2D eigenvalue weighted by Gasteiger charge is 2.61. The van der Waals surface area contributed by atoms with Crippen LogP contribution in [0.1, 0.15) is 51.4 Å². The lowest BCUT2D eigenvalue weighted by atomic mass is 9.89. The minimum atomic E-state index is -1.00. The molecule has 8 nitrogen and oxygen atoms in total. The van der Waals surface area contributed by atoms with Crippen LogP contribution in [0.3, 0.4) is 0 Å². The Morgan fingerprint density at radius 1 is 1.29 bits per heavy atom. The van der Waals surface area contributed by atoms with Gasteiger partial charge in [-0.05, 0) is 47.0 Å². The fraction of sp³-hybridized carbons (Fsp3) is 0.565. The molecule has 8 heteroatoms. The second-order valence-corrected chi connectivity index (χ2v) is 8.93. The lowest BCUT2D eigenvalue weighted by molar-refractivity contribution is -0.168. The normalized spacial score (nSPS) is 26.2. The summed E-state index contributed by atoms with van der Waals surface area (Å²) in [6.07, 6.45) is 0.923. The molecular formula is C23H28O8. The summed E-state index contributed by atoms with van der Waals surface area (Å²) < 4.78 is 23.1. The van der Waals surface area contributed by atoms with E-state index in [2.05, 4.69) is 0 Å². The molecule has 1 fully saturated rings. The van der Waals surface area contributed by atoms with Crippen molar-refractivity contribution in [3.8, 4) is 11.5 Å². The van der Waals surface area contributed by atoms with Crippen LogP contribution in [0.4, 0.5) is 0 Å². The number of rotatable bonds is 6. The van der Waals surface area contributed by atoms with E-state index in [9.17, 15) is 14.7 Å². The first-order chi connectivity index (χ1) is 14.6. The molecule has 2 aromatic rings. The minimum Gasteiger partial charge on any atom is -0.507 e. The Hall–Kier alpha value is -2.58. The summed E-state index contributed by atoms with van der Waals surface area (Å²) in [4.78, 5) is 25.4. The average molecular weight is 432 g/mol. The van der Waals surface area contributed by atoms with Crippen molar-refractivity contribution in [3.63, 3.8) is 0 Å². The minimum absolute atomic E-state index is 0.0561. The van der Waals surface area contributed by atoms with Gasteiger partial charge in [-0.15, -0.1) is 0 Å². The predicted molar refractivity (Wildman–Crippen MR) is 111 cm³/mol. The number of carbonyl (C=O) groups excluding carboxylic acids is 1. The Bertz CT molecular complexity index is 1090. The molecule has 3 heterocycles. The summed E-state index contributed by atoms with van der Waals surface area (Å²) >= 11 is 0. The quantitative estimate of drug-likeness (QED) is 0.406. The molecule has 3 atom stereocenters. The van der Waals surface area contributed by atoms with E-state index >= 15 is 0 Å². The summed E-state index contributed by atoms with van der Waals surface area (Å²) in [5.74, 6) is 0.138. The molecule has 0 unspecified atom stereocenters. The van der Waals surface area contributed by atoms with E-state index in [1.807, 2.05) is 6.92 Å². The van der Waals surface area contributed by atoms with Gasteiger partial charge in [-0.1, -0.05) is 0 Å². The van der Waals surface area contributed by atoms with Crippen molar-refractivity contribution < 1.29 is 33.6 Å². The smallest absolute Gasteiger partial charge is 0.341 e. The summed E-state index contributed by atoms with van der Waals surface area (Å²) in [6.45, 7) is 7.14. The van der Waals surface area contributed by atoms with Crippen molar-refractivity contribution in [2.24, 2.45) is 0 Å². The Morgan fingerprint density at radius 3 is 2.65 bits per heavy atom. The Labute approximate surface area is 179 Å². The number of hydrogen-bond acceptors (Lipinski definition) is 8. The van der Waals surface area contributed by atoms with Gasteiger partial charge in [-0.2, -0.15) is 0 Å². The van der Waals surface area contributed by atoms with E-state index < -0.39 is 23.3 Å². The molecule has 2 aliphatic heterocycles. The zero-order chi connectivity index (χ0) is 22.6. The fourth-order valence-electron chi connectivity index (χ4n) is 4.28. The van der Waals surface area contributed by atoms with Crippen LogP contribution in [0.15, 0.2) is 21.3 Å². The summed E-state index contributed by atoms with van der Waals surface area (Å²) in [5, 5.41) is 19.9. The van der Waals surface area contributed by atoms with E-state index in [0.29, 0.717) is 36.3 Å². The second-order valence-electron chi connectivity index (χ2n) is 8.93. The monoisotopic (exact) mass is 432 g/mol. The number of ether oxygens (including phenoxy) is 3. The van der Waals surface area contributed by atoms with Gasteiger partial charge >= 0.3 is 5.97 Å². The van der Waals surface area contributed by atoms with Gasteiger partial charge in [0, 0.05) is 30.7 Å². The maximum absolute atomic E-state index is 13.0. The molecule has 0 spiro atoms. The number of phenolic OH excluding ortho intramolecular Hbond substituents is 1. The van der Waals surface area contributed by atoms with E-state index in [0.717, 1.165) is 0 Å². The van der Waals surface area contributed by atoms with E-state index in [1.165, 1.54) is 6.07 Å². The summed E-state index contributed by atoms with van der Waals surface area (Å²) in [5.41, 5.74) is -1.58. The second kappa shape index (κ2) is 7.53. The van der Waals surface area contributed by atoms with Crippen LogP contribution in [-0.2, 0) is 20.7 Å². The number of aliphatic hydroxyl groups is 1. The van der Waals surface area contributed by atoms with Crippen LogP contribution in [0, 0.1) is 6.92 Å². The number of benzene rings is 1. The van der Waals surface area contributed by atoms with Crippen LogP contribution in [0.25, 0.3) is 11.0 Å². The van der Waals surface area contributed by atoms with Gasteiger partial charge < -0.3 is 28.8 Å². The zero-order valence-electron chi connectivity index (χ0n) is 18.2. The number of esters is 1. The topological polar surface area (TPSA) is 119 Å². The molecule has 0 aliphatic carbocycles. The number of carbonyl (C=O) groups is 1. The first-order valence-electron chi connectivity index (χ1n) is 10.6. The lowest BCUT2D eigenvalue weighted by Crippen LogP contribution is -2.50. The molecule has 2 aliphatic rings. The molecule has 1 aromatic heterocycles. The highest BCUT2D eigenvalue weighted by Crippen LogP contribution is 2.46. The van der Waals surface area contributed by atoms with E-state index in [1.54, 1.807) is 26.8 Å². The Balaban J connectivity index is 1.63. The third-order valence-corrected chi connectivity index (χ3v) is 6.26. The van der Waals surface area contributed by atoms with Crippen LogP contribution >= 0.6 is 0 Å². The van der Waals surface area contributed by atoms with Gasteiger partial charge in [0.15, 0.2) is 11.0 Å². The molecule has 1 aromatic carbocycles. The first kappa shape index (κ1) is 21.6. The van der Waals surface area contributed by atoms with Gasteiger partial charge in [0.2, 0.25) is 0 Å². The average Bonchev–Trinajstić information content (AvgIpc) is 3.33. The molecule has 4 rings (SSSR count). The molecule has 31 heavy (non-hydrogen) atoms.